The normalized spacial score (nSPS) is 12.2. The van der Waals surface area contributed by atoms with Crippen LogP contribution >= 0.6 is 23.2 Å². The smallest absolute Gasteiger partial charge is 0.244 e. The van der Waals surface area contributed by atoms with Crippen LogP contribution in [0, 0.1) is 17.6 Å². The largest absolute Gasteiger partial charge is 0.354 e. The molecule has 3 rings (SSSR count). The molecule has 0 aliphatic heterocycles. The maximum atomic E-state index is 14.0. The second kappa shape index (κ2) is 14.1. The topological polar surface area (TPSA) is 86.8 Å². The van der Waals surface area contributed by atoms with E-state index < -0.39 is 46.1 Å². The number of carbonyl (C=O) groups excluding carboxylic acids is 2. The van der Waals surface area contributed by atoms with Gasteiger partial charge in [0.05, 0.1) is 11.9 Å². The average Bonchev–Trinajstić information content (AvgIpc) is 2.90. The molecule has 0 spiro atoms. The number of hydrogen-bond acceptors (Lipinski definition) is 4. The highest BCUT2D eigenvalue weighted by Crippen LogP contribution is 2.26. The summed E-state index contributed by atoms with van der Waals surface area (Å²) in [6.07, 6.45) is 0.963. The molecule has 1 atom stereocenters. The molecular formula is C29H31Cl2F2N3O4S. The molecule has 0 bridgehead atoms. The van der Waals surface area contributed by atoms with E-state index in [9.17, 15) is 26.8 Å². The molecule has 12 heteroatoms. The number of nitrogens with zero attached hydrogens (tertiary/aromatic N) is 2. The van der Waals surface area contributed by atoms with Crippen LogP contribution in [0.3, 0.4) is 0 Å². The van der Waals surface area contributed by atoms with E-state index in [4.69, 9.17) is 23.2 Å². The Morgan fingerprint density at radius 2 is 1.63 bits per heavy atom. The van der Waals surface area contributed by atoms with Gasteiger partial charge >= 0.3 is 0 Å². The quantitative estimate of drug-likeness (QED) is 0.290. The van der Waals surface area contributed by atoms with E-state index in [0.29, 0.717) is 27.5 Å². The van der Waals surface area contributed by atoms with Crippen molar-refractivity contribution in [2.24, 2.45) is 5.92 Å². The van der Waals surface area contributed by atoms with E-state index in [1.165, 1.54) is 11.0 Å². The van der Waals surface area contributed by atoms with Crippen LogP contribution in [0.15, 0.2) is 66.7 Å². The van der Waals surface area contributed by atoms with Crippen molar-refractivity contribution in [2.75, 3.05) is 23.7 Å². The lowest BCUT2D eigenvalue weighted by atomic mass is 10.0. The molecule has 0 radical (unpaired) electrons. The van der Waals surface area contributed by atoms with Crippen molar-refractivity contribution in [3.63, 3.8) is 0 Å². The highest BCUT2D eigenvalue weighted by Gasteiger charge is 2.33. The SMILES string of the molecule is CC(C)CNC(=O)C(Cc1ccccc1)N(Cc1ccc(Cl)cc1Cl)C(=O)CN(c1ccc(F)c(F)c1)S(C)(=O)=O. The lowest BCUT2D eigenvalue weighted by Gasteiger charge is -2.34. The number of benzene rings is 3. The monoisotopic (exact) mass is 625 g/mol. The molecule has 3 aromatic rings. The second-order valence-corrected chi connectivity index (χ2v) is 12.7. The van der Waals surface area contributed by atoms with Crippen molar-refractivity contribution in [3.05, 3.63) is 99.5 Å². The van der Waals surface area contributed by atoms with E-state index in [2.05, 4.69) is 5.32 Å². The third-order valence-electron chi connectivity index (χ3n) is 6.18. The van der Waals surface area contributed by atoms with Crippen molar-refractivity contribution in [2.45, 2.75) is 32.9 Å². The Kier molecular flexibility index (Phi) is 11.1. The predicted octanol–water partition coefficient (Wildman–Crippen LogP) is 5.45. The predicted molar refractivity (Wildman–Crippen MR) is 157 cm³/mol. The standard InChI is InChI=1S/C29H31Cl2F2N3O4S/c1-19(2)16-34-29(38)27(13-20-7-5-4-6-8-20)35(17-21-9-10-22(30)14-24(21)31)28(37)18-36(41(3,39)40)23-11-12-25(32)26(33)15-23/h4-12,14-15,19,27H,13,16-18H2,1-3H3,(H,34,38). The van der Waals surface area contributed by atoms with Crippen LogP contribution < -0.4 is 9.62 Å². The third kappa shape index (κ3) is 9.14. The first kappa shape index (κ1) is 32.3. The van der Waals surface area contributed by atoms with Gasteiger partial charge < -0.3 is 10.2 Å². The highest BCUT2D eigenvalue weighted by atomic mass is 35.5. The minimum absolute atomic E-state index is 0.117. The van der Waals surface area contributed by atoms with Crippen LogP contribution in [0.4, 0.5) is 14.5 Å². The number of sulfonamides is 1. The van der Waals surface area contributed by atoms with Crippen molar-refractivity contribution < 1.29 is 26.8 Å². The molecule has 0 saturated heterocycles. The fourth-order valence-corrected chi connectivity index (χ4v) is 5.37. The summed E-state index contributed by atoms with van der Waals surface area (Å²) in [4.78, 5) is 28.8. The maximum Gasteiger partial charge on any atom is 0.244 e. The summed E-state index contributed by atoms with van der Waals surface area (Å²) in [6, 6.07) is 15.2. The molecule has 0 aliphatic rings. The molecule has 2 amide bonds. The van der Waals surface area contributed by atoms with Gasteiger partial charge in [-0.15, -0.1) is 0 Å². The second-order valence-electron chi connectivity index (χ2n) is 9.97. The molecule has 0 aromatic heterocycles. The third-order valence-corrected chi connectivity index (χ3v) is 7.91. The van der Waals surface area contributed by atoms with Gasteiger partial charge in [-0.3, -0.25) is 13.9 Å². The van der Waals surface area contributed by atoms with Crippen molar-refractivity contribution >= 4 is 50.7 Å². The first-order valence-electron chi connectivity index (χ1n) is 12.7. The van der Waals surface area contributed by atoms with Gasteiger partial charge in [0, 0.05) is 35.6 Å². The molecule has 0 heterocycles. The lowest BCUT2D eigenvalue weighted by Crippen LogP contribution is -2.53. The Morgan fingerprint density at radius 3 is 2.22 bits per heavy atom. The molecule has 0 aliphatic carbocycles. The minimum Gasteiger partial charge on any atom is -0.354 e. The number of hydrogen-bond donors (Lipinski definition) is 1. The van der Waals surface area contributed by atoms with Gasteiger partial charge in [0.25, 0.3) is 0 Å². The van der Waals surface area contributed by atoms with Crippen LogP contribution in [-0.2, 0) is 32.6 Å². The Morgan fingerprint density at radius 1 is 0.951 bits per heavy atom. The summed E-state index contributed by atoms with van der Waals surface area (Å²) >= 11 is 12.5. The molecule has 3 aromatic carbocycles. The summed E-state index contributed by atoms with van der Waals surface area (Å²) < 4.78 is 53.8. The highest BCUT2D eigenvalue weighted by molar-refractivity contribution is 7.92. The zero-order chi connectivity index (χ0) is 30.3. The van der Waals surface area contributed by atoms with Crippen LogP contribution in [0.2, 0.25) is 10.0 Å². The maximum absolute atomic E-state index is 14.0. The Labute approximate surface area is 249 Å². The number of anilines is 1. The van der Waals surface area contributed by atoms with Gasteiger partial charge in [-0.05, 0) is 41.3 Å². The zero-order valence-corrected chi connectivity index (χ0v) is 25.1. The van der Waals surface area contributed by atoms with Crippen LogP contribution in [-0.4, -0.2) is 50.5 Å². The number of halogens is 4. The minimum atomic E-state index is -4.14. The summed E-state index contributed by atoms with van der Waals surface area (Å²) in [5.41, 5.74) is 0.990. The van der Waals surface area contributed by atoms with Crippen molar-refractivity contribution in [1.82, 2.24) is 10.2 Å². The van der Waals surface area contributed by atoms with E-state index >= 15 is 0 Å². The van der Waals surface area contributed by atoms with Crippen LogP contribution in [0.1, 0.15) is 25.0 Å². The molecule has 7 nitrogen and oxygen atoms in total. The summed E-state index contributed by atoms with van der Waals surface area (Å²) in [5, 5.41) is 3.48. The number of rotatable bonds is 12. The van der Waals surface area contributed by atoms with E-state index in [1.807, 2.05) is 32.0 Å². The first-order chi connectivity index (χ1) is 19.3. The molecule has 41 heavy (non-hydrogen) atoms. The molecule has 220 valence electrons. The molecular weight excluding hydrogens is 595 g/mol. The van der Waals surface area contributed by atoms with E-state index in [-0.39, 0.29) is 29.6 Å². The number of amides is 2. The number of nitrogens with one attached hydrogen (secondary N) is 1. The van der Waals surface area contributed by atoms with E-state index in [0.717, 1.165) is 24.0 Å². The summed E-state index contributed by atoms with van der Waals surface area (Å²) in [5.74, 6) is -3.52. The fourth-order valence-electron chi connectivity index (χ4n) is 4.06. The average molecular weight is 627 g/mol. The van der Waals surface area contributed by atoms with Crippen LogP contribution in [0.25, 0.3) is 0 Å². The van der Waals surface area contributed by atoms with Gasteiger partial charge in [-0.2, -0.15) is 0 Å². The van der Waals surface area contributed by atoms with Gasteiger partial charge in [-0.25, -0.2) is 17.2 Å². The molecule has 1 unspecified atom stereocenters. The van der Waals surface area contributed by atoms with Gasteiger partial charge in [0.2, 0.25) is 21.8 Å². The lowest BCUT2D eigenvalue weighted by molar-refractivity contribution is -0.140. The van der Waals surface area contributed by atoms with Gasteiger partial charge in [-0.1, -0.05) is 73.4 Å². The van der Waals surface area contributed by atoms with Crippen molar-refractivity contribution in [3.8, 4) is 0 Å². The summed E-state index contributed by atoms with van der Waals surface area (Å²) in [7, 11) is -4.14. The molecule has 1 N–H and O–H groups in total. The Bertz CT molecular complexity index is 1490. The Balaban J connectivity index is 2.08. The van der Waals surface area contributed by atoms with Crippen molar-refractivity contribution in [1.29, 1.82) is 0 Å². The van der Waals surface area contributed by atoms with Gasteiger partial charge in [0.15, 0.2) is 11.6 Å². The van der Waals surface area contributed by atoms with Crippen LogP contribution in [0.5, 0.6) is 0 Å². The fraction of sp³-hybridized carbons (Fsp3) is 0.310. The van der Waals surface area contributed by atoms with Gasteiger partial charge in [0.1, 0.15) is 12.6 Å². The first-order valence-corrected chi connectivity index (χ1v) is 15.3. The number of carbonyl (C=O) groups is 2. The van der Waals surface area contributed by atoms with E-state index in [1.54, 1.807) is 24.3 Å². The molecule has 0 fully saturated rings. The molecule has 0 saturated carbocycles. The Hall–Kier alpha value is -3.21. The zero-order valence-electron chi connectivity index (χ0n) is 22.8. The summed E-state index contributed by atoms with van der Waals surface area (Å²) in [6.45, 7) is 3.26.